The maximum Gasteiger partial charge on any atom is 0.136 e. The Labute approximate surface area is 82.9 Å². The van der Waals surface area contributed by atoms with E-state index < -0.39 is 0 Å². The lowest BCUT2D eigenvalue weighted by atomic mass is 9.81. The van der Waals surface area contributed by atoms with Gasteiger partial charge in [0, 0.05) is 12.3 Å². The molecule has 0 spiro atoms. The molecule has 0 amide bonds. The van der Waals surface area contributed by atoms with Gasteiger partial charge in [0.2, 0.25) is 0 Å². The Morgan fingerprint density at radius 1 is 1.08 bits per heavy atom. The molecule has 0 atom stereocenters. The number of hydrogen-bond donors (Lipinski definition) is 0. The summed E-state index contributed by atoms with van der Waals surface area (Å²) in [7, 11) is 0. The molecule has 0 aromatic rings. The van der Waals surface area contributed by atoms with E-state index in [-0.39, 0.29) is 5.92 Å². The highest BCUT2D eigenvalue weighted by Crippen LogP contribution is 2.23. The summed E-state index contributed by atoms with van der Waals surface area (Å²) in [6.07, 6.45) is 2.95. The van der Waals surface area contributed by atoms with Crippen molar-refractivity contribution in [2.75, 3.05) is 0 Å². The Hall–Kier alpha value is -0.330. The minimum absolute atomic E-state index is 0.270. The maximum absolute atomic E-state index is 11.8. The average molecular weight is 184 g/mol. The Kier molecular flexibility index (Phi) is 6.02. The fourth-order valence-corrected chi connectivity index (χ4v) is 2.03. The molecule has 0 aliphatic heterocycles. The molecule has 0 aromatic carbocycles. The molecule has 0 aliphatic rings. The van der Waals surface area contributed by atoms with Crippen LogP contribution in [0.1, 0.15) is 53.9 Å². The van der Waals surface area contributed by atoms with Crippen LogP contribution in [0.5, 0.6) is 0 Å². The minimum atomic E-state index is 0.270. The summed E-state index contributed by atoms with van der Waals surface area (Å²) in [4.78, 5) is 11.8. The van der Waals surface area contributed by atoms with Crippen LogP contribution in [-0.2, 0) is 4.79 Å². The highest BCUT2D eigenvalue weighted by molar-refractivity contribution is 5.81. The molecule has 0 N–H and O–H groups in total. The third-order valence-electron chi connectivity index (χ3n) is 2.58. The van der Waals surface area contributed by atoms with E-state index in [1.807, 2.05) is 0 Å². The summed E-state index contributed by atoms with van der Waals surface area (Å²) in [6, 6.07) is 0. The fourth-order valence-electron chi connectivity index (χ4n) is 2.03. The number of Topliss-reactive ketones (excluding diaryl/α,β-unsaturated/α-hetero) is 1. The van der Waals surface area contributed by atoms with Crippen LogP contribution < -0.4 is 0 Å². The second-order valence-corrected chi connectivity index (χ2v) is 4.58. The van der Waals surface area contributed by atoms with Gasteiger partial charge >= 0.3 is 0 Å². The first-order valence-electron chi connectivity index (χ1n) is 5.53. The number of ketones is 1. The van der Waals surface area contributed by atoms with Gasteiger partial charge in [0.1, 0.15) is 5.78 Å². The Morgan fingerprint density at radius 2 is 1.54 bits per heavy atom. The number of rotatable bonds is 6. The van der Waals surface area contributed by atoms with Gasteiger partial charge in [-0.25, -0.2) is 0 Å². The van der Waals surface area contributed by atoms with Crippen molar-refractivity contribution in [1.82, 2.24) is 0 Å². The molecule has 0 aromatic heterocycles. The molecule has 0 aliphatic carbocycles. The highest BCUT2D eigenvalue weighted by atomic mass is 16.1. The molecule has 0 fully saturated rings. The van der Waals surface area contributed by atoms with Crippen molar-refractivity contribution >= 4 is 5.78 Å². The Morgan fingerprint density at radius 3 is 1.85 bits per heavy atom. The second-order valence-electron chi connectivity index (χ2n) is 4.58. The number of hydrogen-bond acceptors (Lipinski definition) is 1. The largest absolute Gasteiger partial charge is 0.299 e. The van der Waals surface area contributed by atoms with Crippen LogP contribution in [0.15, 0.2) is 0 Å². The van der Waals surface area contributed by atoms with Gasteiger partial charge < -0.3 is 0 Å². The lowest BCUT2D eigenvalue weighted by molar-refractivity contribution is -0.125. The first kappa shape index (κ1) is 12.7. The standard InChI is InChI=1S/C12H24O/c1-6-7-8-11(13)12(9(2)3)10(4)5/h9-10,12H,6-8H2,1-5H3. The molecule has 0 unspecified atom stereocenters. The fraction of sp³-hybridized carbons (Fsp3) is 0.917. The van der Waals surface area contributed by atoms with Crippen molar-refractivity contribution in [3.05, 3.63) is 0 Å². The number of unbranched alkanes of at least 4 members (excludes halogenated alkanes) is 1. The molecule has 13 heavy (non-hydrogen) atoms. The molecule has 1 heteroatoms. The quantitative estimate of drug-likeness (QED) is 0.615. The predicted octanol–water partition coefficient (Wildman–Crippen LogP) is 3.67. The lowest BCUT2D eigenvalue weighted by Gasteiger charge is -2.23. The molecular weight excluding hydrogens is 160 g/mol. The molecular formula is C12H24O. The van der Waals surface area contributed by atoms with E-state index >= 15 is 0 Å². The molecule has 0 radical (unpaired) electrons. The normalized spacial score (nSPS) is 11.7. The molecule has 1 nitrogen and oxygen atoms in total. The van der Waals surface area contributed by atoms with Gasteiger partial charge in [-0.05, 0) is 18.3 Å². The van der Waals surface area contributed by atoms with Gasteiger partial charge in [-0.1, -0.05) is 41.0 Å². The molecule has 0 rings (SSSR count). The van der Waals surface area contributed by atoms with E-state index in [0.29, 0.717) is 17.6 Å². The van der Waals surface area contributed by atoms with Crippen molar-refractivity contribution in [3.8, 4) is 0 Å². The van der Waals surface area contributed by atoms with Crippen LogP contribution >= 0.6 is 0 Å². The maximum atomic E-state index is 11.8. The number of carbonyl (C=O) groups excluding carboxylic acids is 1. The van der Waals surface area contributed by atoms with E-state index in [9.17, 15) is 4.79 Å². The van der Waals surface area contributed by atoms with Crippen LogP contribution in [0.4, 0.5) is 0 Å². The average Bonchev–Trinajstić information content (AvgIpc) is 1.99. The van der Waals surface area contributed by atoms with E-state index in [0.717, 1.165) is 19.3 Å². The predicted molar refractivity (Wildman–Crippen MR) is 57.7 cm³/mol. The summed E-state index contributed by atoms with van der Waals surface area (Å²) < 4.78 is 0. The van der Waals surface area contributed by atoms with Crippen molar-refractivity contribution in [3.63, 3.8) is 0 Å². The van der Waals surface area contributed by atoms with E-state index in [1.54, 1.807) is 0 Å². The van der Waals surface area contributed by atoms with E-state index in [1.165, 1.54) is 0 Å². The summed E-state index contributed by atoms with van der Waals surface area (Å²) in [6.45, 7) is 10.7. The van der Waals surface area contributed by atoms with E-state index in [2.05, 4.69) is 34.6 Å². The van der Waals surface area contributed by atoms with Crippen LogP contribution in [0.2, 0.25) is 0 Å². The van der Waals surface area contributed by atoms with Crippen LogP contribution in [0.25, 0.3) is 0 Å². The SMILES string of the molecule is CCCCC(=O)C(C(C)C)C(C)C. The van der Waals surface area contributed by atoms with Gasteiger partial charge in [-0.15, -0.1) is 0 Å². The summed E-state index contributed by atoms with van der Waals surface area (Å²) in [5.74, 6) is 1.71. The summed E-state index contributed by atoms with van der Waals surface area (Å²) in [5.41, 5.74) is 0. The third-order valence-corrected chi connectivity index (χ3v) is 2.58. The van der Waals surface area contributed by atoms with Crippen molar-refractivity contribution in [2.45, 2.75) is 53.9 Å². The van der Waals surface area contributed by atoms with Gasteiger partial charge in [-0.2, -0.15) is 0 Å². The van der Waals surface area contributed by atoms with Crippen LogP contribution in [0, 0.1) is 17.8 Å². The van der Waals surface area contributed by atoms with Crippen molar-refractivity contribution in [1.29, 1.82) is 0 Å². The van der Waals surface area contributed by atoms with Gasteiger partial charge in [0.05, 0.1) is 0 Å². The minimum Gasteiger partial charge on any atom is -0.299 e. The third kappa shape index (κ3) is 4.44. The smallest absolute Gasteiger partial charge is 0.136 e. The second kappa shape index (κ2) is 6.17. The zero-order valence-corrected chi connectivity index (χ0v) is 9.76. The molecule has 0 saturated carbocycles. The van der Waals surface area contributed by atoms with Crippen LogP contribution in [-0.4, -0.2) is 5.78 Å². The lowest BCUT2D eigenvalue weighted by Crippen LogP contribution is -2.25. The van der Waals surface area contributed by atoms with E-state index in [4.69, 9.17) is 0 Å². The number of carbonyl (C=O) groups is 1. The first-order chi connectivity index (χ1) is 6.00. The monoisotopic (exact) mass is 184 g/mol. The highest BCUT2D eigenvalue weighted by Gasteiger charge is 2.24. The Balaban J connectivity index is 4.13. The van der Waals surface area contributed by atoms with Gasteiger partial charge in [-0.3, -0.25) is 4.79 Å². The molecule has 78 valence electrons. The van der Waals surface area contributed by atoms with Gasteiger partial charge in [0.25, 0.3) is 0 Å². The zero-order chi connectivity index (χ0) is 10.4. The van der Waals surface area contributed by atoms with Gasteiger partial charge in [0.15, 0.2) is 0 Å². The summed E-state index contributed by atoms with van der Waals surface area (Å²) >= 11 is 0. The summed E-state index contributed by atoms with van der Waals surface area (Å²) in [5, 5.41) is 0. The first-order valence-corrected chi connectivity index (χ1v) is 5.53. The topological polar surface area (TPSA) is 17.1 Å². The molecule has 0 heterocycles. The molecule has 0 saturated heterocycles. The van der Waals surface area contributed by atoms with Crippen molar-refractivity contribution < 1.29 is 4.79 Å². The Bertz CT molecular complexity index is 139. The van der Waals surface area contributed by atoms with Crippen molar-refractivity contribution in [2.24, 2.45) is 17.8 Å². The zero-order valence-electron chi connectivity index (χ0n) is 9.76. The molecule has 0 bridgehead atoms. The van der Waals surface area contributed by atoms with Crippen LogP contribution in [0.3, 0.4) is 0 Å².